The number of fused-ring (bicyclic) bond motifs is 1. The molecule has 6 heteroatoms. The van der Waals surface area contributed by atoms with Gasteiger partial charge in [0.15, 0.2) is 5.58 Å². The number of carboxylic acids is 1. The van der Waals surface area contributed by atoms with Crippen LogP contribution in [0.2, 0.25) is 0 Å². The summed E-state index contributed by atoms with van der Waals surface area (Å²) in [5.41, 5.74) is -0.589. The van der Waals surface area contributed by atoms with Crippen LogP contribution in [-0.2, 0) is 0 Å². The maximum absolute atomic E-state index is 11.0. The van der Waals surface area contributed by atoms with Crippen LogP contribution in [0.5, 0.6) is 0 Å². The van der Waals surface area contributed by atoms with E-state index in [0.717, 1.165) is 6.20 Å². The summed E-state index contributed by atoms with van der Waals surface area (Å²) in [6.07, 6.45) is 2.38. The number of pyridine rings is 1. The van der Waals surface area contributed by atoms with Crippen LogP contribution in [-0.4, -0.2) is 21.2 Å². The number of hydrogen-bond acceptors (Lipinski definition) is 4. The predicted molar refractivity (Wildman–Crippen MR) is 41.6 cm³/mol. The van der Waals surface area contributed by atoms with Gasteiger partial charge >= 0.3 is 5.97 Å². The third-order valence-electron chi connectivity index (χ3n) is 1.62. The molecule has 66 valence electrons. The highest BCUT2D eigenvalue weighted by atomic mass is 16.5. The number of aromatic carboxylic acids is 1. The number of carboxylic acid groups (broad SMARTS) is 1. The van der Waals surface area contributed by atoms with Gasteiger partial charge in [-0.05, 0) is 0 Å². The average molecular weight is 180 g/mol. The van der Waals surface area contributed by atoms with Crippen molar-refractivity contribution < 1.29 is 14.4 Å². The predicted octanol–water partition coefficient (Wildman–Crippen LogP) is 0.214. The van der Waals surface area contributed by atoms with E-state index >= 15 is 0 Å². The molecular weight excluding hydrogens is 176 g/mol. The molecule has 0 radical (unpaired) electrons. The van der Waals surface area contributed by atoms with Crippen LogP contribution >= 0.6 is 0 Å². The fraction of sp³-hybridized carbons (Fsp3) is 0. The molecule has 2 aromatic heterocycles. The van der Waals surface area contributed by atoms with Crippen molar-refractivity contribution in [2.24, 2.45) is 0 Å². The number of aromatic amines is 1. The van der Waals surface area contributed by atoms with Gasteiger partial charge in [0.25, 0.3) is 5.56 Å². The highest BCUT2D eigenvalue weighted by molar-refractivity contribution is 5.99. The molecule has 2 N–H and O–H groups in total. The summed E-state index contributed by atoms with van der Waals surface area (Å²) >= 11 is 0. The van der Waals surface area contributed by atoms with E-state index in [4.69, 9.17) is 5.11 Å². The monoisotopic (exact) mass is 180 g/mol. The van der Waals surface area contributed by atoms with Crippen molar-refractivity contribution in [2.45, 2.75) is 0 Å². The van der Waals surface area contributed by atoms with E-state index < -0.39 is 11.5 Å². The Kier molecular flexibility index (Phi) is 1.42. The number of H-pyrrole nitrogens is 1. The number of carbonyl (C=O) groups is 1. The van der Waals surface area contributed by atoms with Crippen LogP contribution < -0.4 is 5.56 Å². The lowest BCUT2D eigenvalue weighted by molar-refractivity contribution is 0.0697. The van der Waals surface area contributed by atoms with Gasteiger partial charge in [-0.15, -0.1) is 0 Å². The third-order valence-corrected chi connectivity index (χ3v) is 1.62. The standard InChI is InChI=1S/C7H4N2O4/c10-6-3-1-8-2-4(7(11)12)5(3)13-9-6/h1-2H,(H,9,10)(H,11,12). The van der Waals surface area contributed by atoms with Crippen molar-refractivity contribution in [2.75, 3.05) is 0 Å². The molecule has 0 atom stereocenters. The molecule has 0 spiro atoms. The minimum Gasteiger partial charge on any atom is -0.477 e. The van der Waals surface area contributed by atoms with Gasteiger partial charge in [-0.1, -0.05) is 0 Å². The van der Waals surface area contributed by atoms with E-state index in [1.54, 1.807) is 0 Å². The first-order chi connectivity index (χ1) is 6.20. The number of nitrogens with one attached hydrogen (secondary N) is 1. The molecular formula is C7H4N2O4. The molecule has 0 amide bonds. The zero-order chi connectivity index (χ0) is 9.42. The van der Waals surface area contributed by atoms with Crippen LogP contribution in [0, 0.1) is 0 Å². The van der Waals surface area contributed by atoms with Gasteiger partial charge in [-0.3, -0.25) is 9.78 Å². The van der Waals surface area contributed by atoms with Crippen molar-refractivity contribution in [1.82, 2.24) is 10.1 Å². The van der Waals surface area contributed by atoms with Gasteiger partial charge in [0.1, 0.15) is 10.9 Å². The number of nitrogens with zero attached hydrogens (tertiary/aromatic N) is 1. The van der Waals surface area contributed by atoms with E-state index in [9.17, 15) is 9.59 Å². The summed E-state index contributed by atoms with van der Waals surface area (Å²) < 4.78 is 4.68. The summed E-state index contributed by atoms with van der Waals surface area (Å²) in [6.45, 7) is 0. The second kappa shape index (κ2) is 2.44. The first kappa shape index (κ1) is 7.53. The largest absolute Gasteiger partial charge is 0.477 e. The van der Waals surface area contributed by atoms with Crippen molar-refractivity contribution in [3.8, 4) is 0 Å². The van der Waals surface area contributed by atoms with Crippen LogP contribution in [0.15, 0.2) is 21.7 Å². The third kappa shape index (κ3) is 0.994. The first-order valence-electron chi connectivity index (χ1n) is 3.38. The smallest absolute Gasteiger partial charge is 0.341 e. The lowest BCUT2D eigenvalue weighted by Gasteiger charge is -1.91. The molecule has 0 aromatic carbocycles. The van der Waals surface area contributed by atoms with Gasteiger partial charge in [0.05, 0.1) is 0 Å². The van der Waals surface area contributed by atoms with Crippen LogP contribution in [0.25, 0.3) is 11.0 Å². The zero-order valence-corrected chi connectivity index (χ0v) is 6.27. The van der Waals surface area contributed by atoms with E-state index in [-0.39, 0.29) is 16.5 Å². The van der Waals surface area contributed by atoms with Gasteiger partial charge < -0.3 is 9.63 Å². The second-order valence-electron chi connectivity index (χ2n) is 2.40. The van der Waals surface area contributed by atoms with E-state index in [2.05, 4.69) is 9.51 Å². The van der Waals surface area contributed by atoms with Crippen LogP contribution in [0.4, 0.5) is 0 Å². The summed E-state index contributed by atoms with van der Waals surface area (Å²) in [7, 11) is 0. The minimum absolute atomic E-state index is 0.0208. The zero-order valence-electron chi connectivity index (χ0n) is 6.27. The summed E-state index contributed by atoms with van der Waals surface area (Å²) in [5.74, 6) is -1.18. The van der Waals surface area contributed by atoms with Gasteiger partial charge in [-0.2, -0.15) is 5.16 Å². The molecule has 2 aromatic rings. The fourth-order valence-electron chi connectivity index (χ4n) is 1.03. The average Bonchev–Trinajstić information content (AvgIpc) is 2.48. The Morgan fingerprint density at radius 2 is 2.31 bits per heavy atom. The molecule has 0 aliphatic heterocycles. The SMILES string of the molecule is O=C(O)c1cncc2c(=O)[nH]oc12. The Hall–Kier alpha value is -2.11. The van der Waals surface area contributed by atoms with Crippen molar-refractivity contribution in [1.29, 1.82) is 0 Å². The molecule has 0 unspecified atom stereocenters. The Morgan fingerprint density at radius 3 is 3.00 bits per heavy atom. The molecule has 2 heterocycles. The van der Waals surface area contributed by atoms with Crippen molar-refractivity contribution in [3.05, 3.63) is 28.3 Å². The van der Waals surface area contributed by atoms with Gasteiger partial charge in [0, 0.05) is 12.4 Å². The topological polar surface area (TPSA) is 96.2 Å². The highest BCUT2D eigenvalue weighted by Gasteiger charge is 2.14. The Morgan fingerprint density at radius 1 is 1.54 bits per heavy atom. The minimum atomic E-state index is -1.18. The molecule has 0 saturated carbocycles. The molecule has 0 fully saturated rings. The molecule has 0 saturated heterocycles. The van der Waals surface area contributed by atoms with E-state index in [0.29, 0.717) is 0 Å². The Labute approximate surface area is 70.8 Å². The maximum Gasteiger partial charge on any atom is 0.341 e. The first-order valence-corrected chi connectivity index (χ1v) is 3.38. The second-order valence-corrected chi connectivity index (χ2v) is 2.40. The Balaban J connectivity index is 2.92. The number of hydrogen-bond donors (Lipinski definition) is 2. The molecule has 13 heavy (non-hydrogen) atoms. The van der Waals surface area contributed by atoms with Crippen LogP contribution in [0.1, 0.15) is 10.4 Å². The lowest BCUT2D eigenvalue weighted by atomic mass is 10.2. The van der Waals surface area contributed by atoms with Crippen molar-refractivity contribution in [3.63, 3.8) is 0 Å². The summed E-state index contributed by atoms with van der Waals surface area (Å²) in [5, 5.41) is 10.9. The van der Waals surface area contributed by atoms with E-state index in [1.807, 2.05) is 5.16 Å². The van der Waals surface area contributed by atoms with E-state index in [1.165, 1.54) is 6.20 Å². The number of rotatable bonds is 1. The molecule has 0 aliphatic carbocycles. The summed E-state index contributed by atoms with van der Waals surface area (Å²) in [6, 6.07) is 0. The molecule has 6 nitrogen and oxygen atoms in total. The quantitative estimate of drug-likeness (QED) is 0.654. The molecule has 0 aliphatic rings. The highest BCUT2D eigenvalue weighted by Crippen LogP contribution is 2.12. The van der Waals surface area contributed by atoms with Crippen LogP contribution in [0.3, 0.4) is 0 Å². The molecule has 2 rings (SSSR count). The lowest BCUT2D eigenvalue weighted by Crippen LogP contribution is -2.00. The molecule has 0 bridgehead atoms. The van der Waals surface area contributed by atoms with Gasteiger partial charge in [-0.25, -0.2) is 4.79 Å². The fourth-order valence-corrected chi connectivity index (χ4v) is 1.03. The van der Waals surface area contributed by atoms with Crippen molar-refractivity contribution >= 4 is 16.9 Å². The Bertz CT molecular complexity index is 525. The number of aromatic nitrogens is 2. The summed E-state index contributed by atoms with van der Waals surface area (Å²) in [4.78, 5) is 25.2. The normalized spacial score (nSPS) is 10.5. The maximum atomic E-state index is 11.0. The van der Waals surface area contributed by atoms with Gasteiger partial charge in [0.2, 0.25) is 0 Å².